The number of nitrogens with one attached hydrogen (secondary N) is 1. The molecule has 2 heterocycles. The normalized spacial score (nSPS) is 13.0. The fourth-order valence-electron chi connectivity index (χ4n) is 2.47. The maximum absolute atomic E-state index is 11.5. The van der Waals surface area contributed by atoms with E-state index in [0.717, 1.165) is 28.1 Å². The van der Waals surface area contributed by atoms with Crippen LogP contribution >= 0.6 is 0 Å². The first-order chi connectivity index (χ1) is 9.65. The van der Waals surface area contributed by atoms with Crippen LogP contribution in [0.2, 0.25) is 0 Å². The molecule has 4 nitrogen and oxygen atoms in total. The van der Waals surface area contributed by atoms with Gasteiger partial charge in [0.15, 0.2) is 0 Å². The van der Waals surface area contributed by atoms with Gasteiger partial charge in [0.2, 0.25) is 5.91 Å². The summed E-state index contributed by atoms with van der Waals surface area (Å²) in [5.41, 5.74) is 3.87. The second-order valence-electron chi connectivity index (χ2n) is 4.98. The molecule has 0 bridgehead atoms. The summed E-state index contributed by atoms with van der Waals surface area (Å²) in [6.07, 6.45) is 0.385. The van der Waals surface area contributed by atoms with E-state index in [1.807, 2.05) is 44.2 Å². The molecule has 0 fully saturated rings. The molecule has 20 heavy (non-hydrogen) atoms. The molecule has 4 heteroatoms. The maximum Gasteiger partial charge on any atom is 0.230 e. The molecule has 0 saturated heterocycles. The van der Waals surface area contributed by atoms with E-state index in [0.29, 0.717) is 18.8 Å². The van der Waals surface area contributed by atoms with Crippen LogP contribution in [0.3, 0.4) is 0 Å². The lowest BCUT2D eigenvalue weighted by Crippen LogP contribution is -2.04. The van der Waals surface area contributed by atoms with E-state index in [4.69, 9.17) is 4.74 Å². The highest BCUT2D eigenvalue weighted by atomic mass is 16.5. The number of nitrogens with zero attached hydrogens (tertiary/aromatic N) is 1. The fourth-order valence-corrected chi connectivity index (χ4v) is 2.47. The molecule has 1 aromatic heterocycles. The van der Waals surface area contributed by atoms with E-state index in [1.54, 1.807) is 0 Å². The summed E-state index contributed by atoms with van der Waals surface area (Å²) in [5, 5.41) is 2.77. The lowest BCUT2D eigenvalue weighted by atomic mass is 10.1. The average Bonchev–Trinajstić information content (AvgIpc) is 2.80. The van der Waals surface area contributed by atoms with Crippen LogP contribution < -0.4 is 10.1 Å². The third kappa shape index (κ3) is 2.25. The minimum absolute atomic E-state index is 0.00444. The van der Waals surface area contributed by atoms with Gasteiger partial charge in [0.05, 0.1) is 12.1 Å². The molecule has 1 N–H and O–H groups in total. The van der Waals surface area contributed by atoms with Crippen LogP contribution in [0.25, 0.3) is 0 Å². The van der Waals surface area contributed by atoms with Gasteiger partial charge >= 0.3 is 0 Å². The molecule has 0 aliphatic carbocycles. The Morgan fingerprint density at radius 3 is 2.75 bits per heavy atom. The van der Waals surface area contributed by atoms with Crippen molar-refractivity contribution in [1.29, 1.82) is 0 Å². The SMILES string of the molecule is Cc1nc2c(c(C)c1OCc1ccccc1)CC(=O)N2. The van der Waals surface area contributed by atoms with Crippen molar-refractivity contribution < 1.29 is 9.53 Å². The number of anilines is 1. The number of aryl methyl sites for hydroxylation is 1. The Balaban J connectivity index is 1.87. The predicted molar refractivity (Wildman–Crippen MR) is 76.8 cm³/mol. The van der Waals surface area contributed by atoms with E-state index < -0.39 is 0 Å². The molecule has 1 aliphatic rings. The van der Waals surface area contributed by atoms with Crippen LogP contribution in [-0.2, 0) is 17.8 Å². The lowest BCUT2D eigenvalue weighted by Gasteiger charge is -2.14. The lowest BCUT2D eigenvalue weighted by molar-refractivity contribution is -0.115. The highest BCUT2D eigenvalue weighted by Crippen LogP contribution is 2.33. The highest BCUT2D eigenvalue weighted by Gasteiger charge is 2.24. The number of benzene rings is 1. The van der Waals surface area contributed by atoms with Crippen molar-refractivity contribution in [2.75, 3.05) is 5.32 Å². The van der Waals surface area contributed by atoms with Crippen molar-refractivity contribution in [2.45, 2.75) is 26.9 Å². The zero-order valence-corrected chi connectivity index (χ0v) is 11.6. The Kier molecular flexibility index (Phi) is 3.14. The fraction of sp³-hybridized carbons (Fsp3) is 0.250. The monoisotopic (exact) mass is 268 g/mol. The van der Waals surface area contributed by atoms with Crippen LogP contribution in [0.4, 0.5) is 5.82 Å². The molecule has 0 saturated carbocycles. The Bertz CT molecular complexity index is 666. The molecule has 0 radical (unpaired) electrons. The zero-order chi connectivity index (χ0) is 14.1. The van der Waals surface area contributed by atoms with E-state index >= 15 is 0 Å². The van der Waals surface area contributed by atoms with E-state index in [-0.39, 0.29) is 5.91 Å². The van der Waals surface area contributed by atoms with Gasteiger partial charge in [-0.15, -0.1) is 0 Å². The van der Waals surface area contributed by atoms with Crippen molar-refractivity contribution in [3.8, 4) is 5.75 Å². The molecule has 102 valence electrons. The molecule has 1 aromatic carbocycles. The summed E-state index contributed by atoms with van der Waals surface area (Å²) in [4.78, 5) is 15.9. The Morgan fingerprint density at radius 1 is 1.25 bits per heavy atom. The van der Waals surface area contributed by atoms with Crippen LogP contribution in [0, 0.1) is 13.8 Å². The maximum atomic E-state index is 11.5. The zero-order valence-electron chi connectivity index (χ0n) is 11.6. The molecule has 1 amide bonds. The number of carbonyl (C=O) groups excluding carboxylic acids is 1. The summed E-state index contributed by atoms with van der Waals surface area (Å²) >= 11 is 0. The molecular formula is C16H16N2O2. The number of amides is 1. The molecule has 0 atom stereocenters. The number of fused-ring (bicyclic) bond motifs is 1. The standard InChI is InChI=1S/C16H16N2O2/c1-10-13-8-14(19)18-16(13)17-11(2)15(10)20-9-12-6-4-3-5-7-12/h3-7H,8-9H2,1-2H3,(H,17,18,19). The molecule has 1 aliphatic heterocycles. The second-order valence-corrected chi connectivity index (χ2v) is 4.98. The van der Waals surface area contributed by atoms with Gasteiger partial charge in [-0.05, 0) is 19.4 Å². The Hall–Kier alpha value is -2.36. The minimum atomic E-state index is -0.00444. The second kappa shape index (κ2) is 4.96. The number of ether oxygens (including phenoxy) is 1. The third-order valence-corrected chi connectivity index (χ3v) is 3.51. The smallest absolute Gasteiger partial charge is 0.230 e. The van der Waals surface area contributed by atoms with Gasteiger partial charge in [0, 0.05) is 11.1 Å². The third-order valence-electron chi connectivity index (χ3n) is 3.51. The molecule has 2 aromatic rings. The molecule has 0 spiro atoms. The highest BCUT2D eigenvalue weighted by molar-refractivity contribution is 5.98. The van der Waals surface area contributed by atoms with Crippen molar-refractivity contribution >= 4 is 11.7 Å². The van der Waals surface area contributed by atoms with E-state index in [2.05, 4.69) is 10.3 Å². The molecule has 0 unspecified atom stereocenters. The quantitative estimate of drug-likeness (QED) is 0.931. The molecule has 3 rings (SSSR count). The largest absolute Gasteiger partial charge is 0.487 e. The van der Waals surface area contributed by atoms with E-state index in [9.17, 15) is 4.79 Å². The average molecular weight is 268 g/mol. The topological polar surface area (TPSA) is 51.2 Å². The number of hydrogen-bond acceptors (Lipinski definition) is 3. The summed E-state index contributed by atoms with van der Waals surface area (Å²) < 4.78 is 5.91. The first-order valence-electron chi connectivity index (χ1n) is 6.62. The Labute approximate surface area is 117 Å². The number of pyridine rings is 1. The summed E-state index contributed by atoms with van der Waals surface area (Å²) in [7, 11) is 0. The predicted octanol–water partition coefficient (Wildman–Crippen LogP) is 2.77. The number of hydrogen-bond donors (Lipinski definition) is 1. The first kappa shape index (κ1) is 12.7. The van der Waals surface area contributed by atoms with Gasteiger partial charge in [0.25, 0.3) is 0 Å². The van der Waals surface area contributed by atoms with Crippen LogP contribution in [-0.4, -0.2) is 10.9 Å². The van der Waals surface area contributed by atoms with Gasteiger partial charge < -0.3 is 10.1 Å². The number of carbonyl (C=O) groups is 1. The Morgan fingerprint density at radius 2 is 2.00 bits per heavy atom. The number of rotatable bonds is 3. The van der Waals surface area contributed by atoms with Crippen molar-refractivity contribution in [1.82, 2.24) is 4.98 Å². The van der Waals surface area contributed by atoms with Gasteiger partial charge in [0.1, 0.15) is 18.2 Å². The summed E-state index contributed by atoms with van der Waals surface area (Å²) in [6.45, 7) is 4.39. The van der Waals surface area contributed by atoms with Crippen molar-refractivity contribution in [3.05, 3.63) is 52.7 Å². The van der Waals surface area contributed by atoms with E-state index in [1.165, 1.54) is 0 Å². The van der Waals surface area contributed by atoms with Gasteiger partial charge in [-0.3, -0.25) is 4.79 Å². The minimum Gasteiger partial charge on any atom is -0.487 e. The van der Waals surface area contributed by atoms with Crippen molar-refractivity contribution in [2.24, 2.45) is 0 Å². The van der Waals surface area contributed by atoms with Crippen LogP contribution in [0.1, 0.15) is 22.4 Å². The van der Waals surface area contributed by atoms with Crippen LogP contribution in [0.15, 0.2) is 30.3 Å². The van der Waals surface area contributed by atoms with Gasteiger partial charge in [-0.2, -0.15) is 0 Å². The van der Waals surface area contributed by atoms with Gasteiger partial charge in [-0.1, -0.05) is 30.3 Å². The van der Waals surface area contributed by atoms with Crippen molar-refractivity contribution in [3.63, 3.8) is 0 Å². The summed E-state index contributed by atoms with van der Waals surface area (Å²) in [5.74, 6) is 1.45. The molecular weight excluding hydrogens is 252 g/mol. The number of aromatic nitrogens is 1. The van der Waals surface area contributed by atoms with Crippen LogP contribution in [0.5, 0.6) is 5.75 Å². The first-order valence-corrected chi connectivity index (χ1v) is 6.62. The summed E-state index contributed by atoms with van der Waals surface area (Å²) in [6, 6.07) is 10.0. The van der Waals surface area contributed by atoms with Gasteiger partial charge in [-0.25, -0.2) is 4.98 Å².